The van der Waals surface area contributed by atoms with Gasteiger partial charge in [-0.15, -0.1) is 0 Å². The number of benzene rings is 1. The lowest BCUT2D eigenvalue weighted by molar-refractivity contribution is -0.116. The van der Waals surface area contributed by atoms with E-state index >= 15 is 0 Å². The van der Waals surface area contributed by atoms with Crippen molar-refractivity contribution in [2.45, 2.75) is 27.2 Å². The molecular formula is C13H22ClNO. The van der Waals surface area contributed by atoms with E-state index in [0.29, 0.717) is 11.4 Å². The molecule has 1 N–H and O–H groups in total. The molecule has 0 unspecified atom stereocenters. The minimum absolute atomic E-state index is 0.137. The van der Waals surface area contributed by atoms with Crippen molar-refractivity contribution in [3.8, 4) is 0 Å². The molecule has 1 rings (SSSR count). The summed E-state index contributed by atoms with van der Waals surface area (Å²) in [4.78, 5) is 10.7. The molecule has 0 saturated carbocycles. The summed E-state index contributed by atoms with van der Waals surface area (Å²) < 4.78 is 0. The summed E-state index contributed by atoms with van der Waals surface area (Å²) in [6.07, 6.45) is 0.430. The topological polar surface area (TPSA) is 29.1 Å². The van der Waals surface area contributed by atoms with Crippen LogP contribution in [0.1, 0.15) is 26.3 Å². The SMILES string of the molecule is CC.CC(=O)Cc1ccccc1Cl.CNC. The third-order valence-corrected chi connectivity index (χ3v) is 1.77. The van der Waals surface area contributed by atoms with Crippen LogP contribution in [0.15, 0.2) is 24.3 Å². The van der Waals surface area contributed by atoms with Crippen LogP contribution in [0.3, 0.4) is 0 Å². The third kappa shape index (κ3) is 9.69. The molecule has 92 valence electrons. The van der Waals surface area contributed by atoms with Gasteiger partial charge in [-0.25, -0.2) is 0 Å². The van der Waals surface area contributed by atoms with E-state index < -0.39 is 0 Å². The molecule has 0 aromatic heterocycles. The third-order valence-electron chi connectivity index (χ3n) is 1.40. The van der Waals surface area contributed by atoms with Gasteiger partial charge >= 0.3 is 0 Å². The fraction of sp³-hybridized carbons (Fsp3) is 0.462. The van der Waals surface area contributed by atoms with Crippen LogP contribution in [0.4, 0.5) is 0 Å². The molecule has 3 heteroatoms. The lowest BCUT2D eigenvalue weighted by Crippen LogP contribution is -1.96. The van der Waals surface area contributed by atoms with Gasteiger partial charge in [0.15, 0.2) is 0 Å². The normalized spacial score (nSPS) is 8.12. The van der Waals surface area contributed by atoms with Crippen molar-refractivity contribution in [3.63, 3.8) is 0 Å². The van der Waals surface area contributed by atoms with Gasteiger partial charge in [-0.3, -0.25) is 4.79 Å². The first-order valence-electron chi connectivity index (χ1n) is 5.43. The van der Waals surface area contributed by atoms with E-state index in [1.54, 1.807) is 13.0 Å². The van der Waals surface area contributed by atoms with Gasteiger partial charge in [-0.05, 0) is 32.6 Å². The fourth-order valence-corrected chi connectivity index (χ4v) is 1.11. The summed E-state index contributed by atoms with van der Waals surface area (Å²) in [6, 6.07) is 7.39. The molecule has 0 bridgehead atoms. The van der Waals surface area contributed by atoms with E-state index in [2.05, 4.69) is 5.32 Å². The van der Waals surface area contributed by atoms with E-state index in [-0.39, 0.29) is 5.78 Å². The predicted octanol–water partition coefficient (Wildman–Crippen LogP) is 3.33. The highest BCUT2D eigenvalue weighted by Crippen LogP contribution is 2.15. The Hall–Kier alpha value is -0.860. The van der Waals surface area contributed by atoms with Crippen molar-refractivity contribution >= 4 is 17.4 Å². The average Bonchev–Trinajstić information content (AvgIpc) is 2.25. The zero-order chi connectivity index (χ0) is 13.0. The Bertz CT molecular complexity index is 287. The van der Waals surface area contributed by atoms with Crippen molar-refractivity contribution < 1.29 is 4.79 Å². The highest BCUT2D eigenvalue weighted by Gasteiger charge is 2.00. The maximum absolute atomic E-state index is 10.7. The van der Waals surface area contributed by atoms with Crippen LogP contribution in [0, 0.1) is 0 Å². The molecule has 0 saturated heterocycles. The first kappa shape index (κ1) is 17.5. The lowest BCUT2D eigenvalue weighted by atomic mass is 10.1. The number of carbonyl (C=O) groups is 1. The van der Waals surface area contributed by atoms with Gasteiger partial charge in [0.1, 0.15) is 5.78 Å². The number of rotatable bonds is 2. The number of halogens is 1. The average molecular weight is 244 g/mol. The second-order valence-corrected chi connectivity index (χ2v) is 3.38. The first-order valence-corrected chi connectivity index (χ1v) is 5.81. The van der Waals surface area contributed by atoms with Gasteiger partial charge in [0.2, 0.25) is 0 Å². The summed E-state index contributed by atoms with van der Waals surface area (Å²) in [5.41, 5.74) is 0.904. The van der Waals surface area contributed by atoms with Gasteiger partial charge in [0.25, 0.3) is 0 Å². The number of hydrogen-bond acceptors (Lipinski definition) is 2. The molecule has 0 aliphatic heterocycles. The fourth-order valence-electron chi connectivity index (χ4n) is 0.910. The van der Waals surface area contributed by atoms with E-state index in [9.17, 15) is 4.79 Å². The standard InChI is InChI=1S/C9H9ClO.C2H7N.C2H6/c1-7(11)6-8-4-2-3-5-9(8)10;1-3-2;1-2/h2-5H,6H2,1H3;3H,1-2H3;1-2H3. The number of nitrogens with one attached hydrogen (secondary N) is 1. The highest BCUT2D eigenvalue weighted by molar-refractivity contribution is 6.31. The summed E-state index contributed by atoms with van der Waals surface area (Å²) >= 11 is 5.82. The van der Waals surface area contributed by atoms with E-state index in [0.717, 1.165) is 5.56 Å². The van der Waals surface area contributed by atoms with Crippen molar-refractivity contribution in [3.05, 3.63) is 34.9 Å². The van der Waals surface area contributed by atoms with Crippen molar-refractivity contribution in [2.75, 3.05) is 14.1 Å². The second-order valence-electron chi connectivity index (χ2n) is 2.97. The van der Waals surface area contributed by atoms with Crippen LogP contribution in [0.5, 0.6) is 0 Å². The van der Waals surface area contributed by atoms with Crippen molar-refractivity contribution in [1.82, 2.24) is 5.32 Å². The Morgan fingerprint density at radius 2 is 1.69 bits per heavy atom. The Morgan fingerprint density at radius 1 is 1.25 bits per heavy atom. The minimum Gasteiger partial charge on any atom is -0.323 e. The number of carbonyl (C=O) groups excluding carboxylic acids is 1. The number of ketones is 1. The summed E-state index contributed by atoms with van der Waals surface area (Å²) in [6.45, 7) is 5.56. The van der Waals surface area contributed by atoms with Gasteiger partial charge < -0.3 is 5.32 Å². The number of Topliss-reactive ketones (excluding diaryl/α,β-unsaturated/α-hetero) is 1. The van der Waals surface area contributed by atoms with Crippen LogP contribution >= 0.6 is 11.6 Å². The summed E-state index contributed by atoms with van der Waals surface area (Å²) in [7, 11) is 3.75. The molecule has 0 atom stereocenters. The summed E-state index contributed by atoms with van der Waals surface area (Å²) in [5, 5.41) is 3.42. The molecule has 0 fully saturated rings. The molecule has 16 heavy (non-hydrogen) atoms. The first-order chi connectivity index (χ1) is 7.61. The van der Waals surface area contributed by atoms with Crippen LogP contribution in [0.2, 0.25) is 5.02 Å². The molecule has 1 aromatic rings. The van der Waals surface area contributed by atoms with E-state index in [1.807, 2.05) is 46.1 Å². The minimum atomic E-state index is 0.137. The molecule has 0 aliphatic rings. The molecule has 2 nitrogen and oxygen atoms in total. The van der Waals surface area contributed by atoms with Gasteiger partial charge in [0.05, 0.1) is 0 Å². The van der Waals surface area contributed by atoms with Crippen LogP contribution in [-0.4, -0.2) is 19.9 Å². The maximum atomic E-state index is 10.7. The van der Waals surface area contributed by atoms with E-state index in [4.69, 9.17) is 11.6 Å². The summed E-state index contributed by atoms with van der Waals surface area (Å²) in [5.74, 6) is 0.137. The molecule has 0 spiro atoms. The molecule has 1 aromatic carbocycles. The smallest absolute Gasteiger partial charge is 0.134 e. The molecule has 0 heterocycles. The Morgan fingerprint density at radius 3 is 2.06 bits per heavy atom. The Balaban J connectivity index is 0. The van der Waals surface area contributed by atoms with Gasteiger partial charge in [-0.2, -0.15) is 0 Å². The highest BCUT2D eigenvalue weighted by atomic mass is 35.5. The zero-order valence-corrected chi connectivity index (χ0v) is 11.6. The van der Waals surface area contributed by atoms with E-state index in [1.165, 1.54) is 0 Å². The predicted molar refractivity (Wildman–Crippen MR) is 72.2 cm³/mol. The van der Waals surface area contributed by atoms with Gasteiger partial charge in [-0.1, -0.05) is 43.6 Å². The molecular weight excluding hydrogens is 222 g/mol. The zero-order valence-electron chi connectivity index (χ0n) is 10.8. The maximum Gasteiger partial charge on any atom is 0.134 e. The largest absolute Gasteiger partial charge is 0.323 e. The Labute approximate surface area is 104 Å². The molecule has 0 amide bonds. The second kappa shape index (κ2) is 12.2. The Kier molecular flexibility index (Phi) is 13.4. The van der Waals surface area contributed by atoms with Gasteiger partial charge in [0, 0.05) is 11.4 Å². The molecule has 0 aliphatic carbocycles. The van der Waals surface area contributed by atoms with Crippen molar-refractivity contribution in [1.29, 1.82) is 0 Å². The van der Waals surface area contributed by atoms with Crippen LogP contribution < -0.4 is 5.32 Å². The monoisotopic (exact) mass is 243 g/mol. The van der Waals surface area contributed by atoms with Crippen molar-refractivity contribution in [2.24, 2.45) is 0 Å². The number of hydrogen-bond donors (Lipinski definition) is 1. The quantitative estimate of drug-likeness (QED) is 0.863. The van der Waals surface area contributed by atoms with Crippen LogP contribution in [-0.2, 0) is 11.2 Å². The lowest BCUT2D eigenvalue weighted by Gasteiger charge is -1.98. The molecule has 0 radical (unpaired) electrons. The van der Waals surface area contributed by atoms with Crippen LogP contribution in [0.25, 0.3) is 0 Å².